The Labute approximate surface area is 102 Å². The van der Waals surface area contributed by atoms with E-state index in [1.807, 2.05) is 17.9 Å². The Hall–Kier alpha value is -1.77. The smallest absolute Gasteiger partial charge is 0.0522 e. The van der Waals surface area contributed by atoms with Crippen molar-refractivity contribution in [1.29, 1.82) is 0 Å². The van der Waals surface area contributed by atoms with Crippen LogP contribution in [-0.4, -0.2) is 16.3 Å². The van der Waals surface area contributed by atoms with Gasteiger partial charge in [0.25, 0.3) is 0 Å². The highest BCUT2D eigenvalue weighted by Gasteiger charge is 1.98. The second-order valence-corrected chi connectivity index (χ2v) is 4.50. The van der Waals surface area contributed by atoms with Gasteiger partial charge in [-0.05, 0) is 49.1 Å². The van der Waals surface area contributed by atoms with Gasteiger partial charge in [0.15, 0.2) is 0 Å². The zero-order chi connectivity index (χ0) is 12.3. The number of benzene rings is 1. The van der Waals surface area contributed by atoms with Crippen molar-refractivity contribution in [2.75, 3.05) is 11.9 Å². The maximum absolute atomic E-state index is 4.16. The van der Waals surface area contributed by atoms with E-state index >= 15 is 0 Å². The van der Waals surface area contributed by atoms with Gasteiger partial charge in [0.1, 0.15) is 0 Å². The second kappa shape index (κ2) is 5.04. The van der Waals surface area contributed by atoms with Crippen LogP contribution in [0.5, 0.6) is 0 Å². The standard InChI is InChI=1S/C14H19N3/c1-11-4-5-14(8-12(11)2)15-7-6-13-9-16-17(3)10-13/h4-5,8-10,15H,6-7H2,1-3H3. The quantitative estimate of drug-likeness (QED) is 0.873. The molecule has 0 atom stereocenters. The van der Waals surface area contributed by atoms with Crippen molar-refractivity contribution >= 4 is 5.69 Å². The fraction of sp³-hybridized carbons (Fsp3) is 0.357. The summed E-state index contributed by atoms with van der Waals surface area (Å²) in [5.41, 5.74) is 5.13. The van der Waals surface area contributed by atoms with Gasteiger partial charge in [-0.15, -0.1) is 0 Å². The maximum atomic E-state index is 4.16. The average molecular weight is 229 g/mol. The number of rotatable bonds is 4. The van der Waals surface area contributed by atoms with Crippen molar-refractivity contribution in [3.8, 4) is 0 Å². The molecule has 0 amide bonds. The summed E-state index contributed by atoms with van der Waals surface area (Å²) in [6.45, 7) is 5.21. The van der Waals surface area contributed by atoms with Gasteiger partial charge >= 0.3 is 0 Å². The van der Waals surface area contributed by atoms with Crippen molar-refractivity contribution in [2.24, 2.45) is 7.05 Å². The predicted molar refractivity (Wildman–Crippen MR) is 71.3 cm³/mol. The monoisotopic (exact) mass is 229 g/mol. The number of nitrogens with zero attached hydrogens (tertiary/aromatic N) is 2. The van der Waals surface area contributed by atoms with E-state index in [1.54, 1.807) is 0 Å². The van der Waals surface area contributed by atoms with E-state index in [9.17, 15) is 0 Å². The molecule has 2 rings (SSSR count). The SMILES string of the molecule is Cc1ccc(NCCc2cnn(C)c2)cc1C. The first-order valence-corrected chi connectivity index (χ1v) is 5.94. The topological polar surface area (TPSA) is 29.9 Å². The Morgan fingerprint density at radius 2 is 2.06 bits per heavy atom. The molecule has 0 spiro atoms. The van der Waals surface area contributed by atoms with E-state index in [4.69, 9.17) is 0 Å². The fourth-order valence-electron chi connectivity index (χ4n) is 1.80. The molecule has 3 nitrogen and oxygen atoms in total. The molecule has 2 aromatic rings. The number of nitrogens with one attached hydrogen (secondary N) is 1. The van der Waals surface area contributed by atoms with Gasteiger partial charge in [-0.25, -0.2) is 0 Å². The lowest BCUT2D eigenvalue weighted by atomic mass is 10.1. The summed E-state index contributed by atoms with van der Waals surface area (Å²) in [4.78, 5) is 0. The Morgan fingerprint density at radius 3 is 2.71 bits per heavy atom. The van der Waals surface area contributed by atoms with E-state index in [-0.39, 0.29) is 0 Å². The highest BCUT2D eigenvalue weighted by Crippen LogP contribution is 2.14. The normalized spacial score (nSPS) is 10.5. The Balaban J connectivity index is 1.87. The molecule has 0 fully saturated rings. The molecule has 17 heavy (non-hydrogen) atoms. The van der Waals surface area contributed by atoms with Crippen LogP contribution in [-0.2, 0) is 13.5 Å². The van der Waals surface area contributed by atoms with Gasteiger partial charge in [-0.3, -0.25) is 4.68 Å². The molecule has 1 N–H and O–H groups in total. The molecular formula is C14H19N3. The lowest BCUT2D eigenvalue weighted by Gasteiger charge is -2.07. The summed E-state index contributed by atoms with van der Waals surface area (Å²) in [6, 6.07) is 6.48. The van der Waals surface area contributed by atoms with E-state index in [0.717, 1.165) is 13.0 Å². The van der Waals surface area contributed by atoms with Crippen molar-refractivity contribution in [1.82, 2.24) is 9.78 Å². The number of aryl methyl sites for hydroxylation is 3. The molecule has 0 saturated heterocycles. The van der Waals surface area contributed by atoms with Gasteiger partial charge in [0.05, 0.1) is 6.20 Å². The molecule has 90 valence electrons. The van der Waals surface area contributed by atoms with Gasteiger partial charge in [-0.1, -0.05) is 6.07 Å². The Morgan fingerprint density at radius 1 is 1.24 bits per heavy atom. The molecule has 1 heterocycles. The molecule has 1 aromatic carbocycles. The number of anilines is 1. The minimum absolute atomic E-state index is 0.939. The first-order valence-electron chi connectivity index (χ1n) is 5.94. The molecule has 1 aromatic heterocycles. The van der Waals surface area contributed by atoms with Crippen LogP contribution < -0.4 is 5.32 Å². The van der Waals surface area contributed by atoms with E-state index in [1.165, 1.54) is 22.4 Å². The minimum atomic E-state index is 0.939. The largest absolute Gasteiger partial charge is 0.385 e. The predicted octanol–water partition coefficient (Wildman–Crippen LogP) is 2.69. The van der Waals surface area contributed by atoms with Gasteiger partial charge < -0.3 is 5.32 Å². The summed E-state index contributed by atoms with van der Waals surface area (Å²) in [5, 5.41) is 7.59. The zero-order valence-electron chi connectivity index (χ0n) is 10.7. The van der Waals surface area contributed by atoms with Crippen LogP contribution in [0.3, 0.4) is 0 Å². The van der Waals surface area contributed by atoms with Gasteiger partial charge in [0, 0.05) is 25.5 Å². The van der Waals surface area contributed by atoms with Crippen molar-refractivity contribution < 1.29 is 0 Å². The number of aromatic nitrogens is 2. The molecule has 0 bridgehead atoms. The number of hydrogen-bond donors (Lipinski definition) is 1. The van der Waals surface area contributed by atoms with E-state index in [2.05, 4.69) is 48.7 Å². The lowest BCUT2D eigenvalue weighted by Crippen LogP contribution is -2.04. The highest BCUT2D eigenvalue weighted by molar-refractivity contribution is 5.48. The average Bonchev–Trinajstić information content (AvgIpc) is 2.70. The van der Waals surface area contributed by atoms with Crippen LogP contribution in [0.4, 0.5) is 5.69 Å². The van der Waals surface area contributed by atoms with Gasteiger partial charge in [0.2, 0.25) is 0 Å². The molecule has 0 radical (unpaired) electrons. The maximum Gasteiger partial charge on any atom is 0.0522 e. The van der Waals surface area contributed by atoms with E-state index < -0.39 is 0 Å². The van der Waals surface area contributed by atoms with Crippen LogP contribution in [0.1, 0.15) is 16.7 Å². The van der Waals surface area contributed by atoms with Gasteiger partial charge in [-0.2, -0.15) is 5.10 Å². The molecule has 0 aliphatic heterocycles. The van der Waals surface area contributed by atoms with E-state index in [0.29, 0.717) is 0 Å². The van der Waals surface area contributed by atoms with Crippen LogP contribution in [0, 0.1) is 13.8 Å². The van der Waals surface area contributed by atoms with Crippen LogP contribution in [0.25, 0.3) is 0 Å². The summed E-state index contributed by atoms with van der Waals surface area (Å²) in [5.74, 6) is 0. The summed E-state index contributed by atoms with van der Waals surface area (Å²) < 4.78 is 1.84. The minimum Gasteiger partial charge on any atom is -0.385 e. The Kier molecular flexibility index (Phi) is 3.47. The zero-order valence-corrected chi connectivity index (χ0v) is 10.7. The first kappa shape index (κ1) is 11.7. The third-order valence-corrected chi connectivity index (χ3v) is 3.01. The third kappa shape index (κ3) is 3.09. The van der Waals surface area contributed by atoms with Crippen LogP contribution in [0.2, 0.25) is 0 Å². The lowest BCUT2D eigenvalue weighted by molar-refractivity contribution is 0.767. The van der Waals surface area contributed by atoms with Crippen molar-refractivity contribution in [2.45, 2.75) is 20.3 Å². The first-order chi connectivity index (χ1) is 8.15. The molecular weight excluding hydrogens is 210 g/mol. The Bertz CT molecular complexity index is 500. The molecule has 0 saturated carbocycles. The summed E-state index contributed by atoms with van der Waals surface area (Å²) in [7, 11) is 1.94. The highest BCUT2D eigenvalue weighted by atomic mass is 15.2. The van der Waals surface area contributed by atoms with Crippen LogP contribution >= 0.6 is 0 Å². The summed E-state index contributed by atoms with van der Waals surface area (Å²) >= 11 is 0. The summed E-state index contributed by atoms with van der Waals surface area (Å²) in [6.07, 6.45) is 4.98. The molecule has 0 aliphatic rings. The molecule has 0 unspecified atom stereocenters. The van der Waals surface area contributed by atoms with Crippen molar-refractivity contribution in [3.63, 3.8) is 0 Å². The number of hydrogen-bond acceptors (Lipinski definition) is 2. The molecule has 0 aliphatic carbocycles. The van der Waals surface area contributed by atoms with Crippen molar-refractivity contribution in [3.05, 3.63) is 47.3 Å². The fourth-order valence-corrected chi connectivity index (χ4v) is 1.80. The van der Waals surface area contributed by atoms with Crippen LogP contribution in [0.15, 0.2) is 30.6 Å². The second-order valence-electron chi connectivity index (χ2n) is 4.50. The molecule has 3 heteroatoms. The third-order valence-electron chi connectivity index (χ3n) is 3.01.